The number of ether oxygens (including phenoxy) is 4. The highest BCUT2D eigenvalue weighted by Gasteiger charge is 2.52. The van der Waals surface area contributed by atoms with Gasteiger partial charge in [-0.3, -0.25) is 9.59 Å². The van der Waals surface area contributed by atoms with E-state index in [-0.39, 0.29) is 104 Å². The molecular weight excluding hydrogens is 1220 g/mol. The summed E-state index contributed by atoms with van der Waals surface area (Å²) in [6, 6.07) is 25.5. The first-order valence-corrected chi connectivity index (χ1v) is 31.3. The zero-order valence-corrected chi connectivity index (χ0v) is 49.7. The van der Waals surface area contributed by atoms with Crippen LogP contribution in [0.25, 0.3) is 0 Å². The number of alkyl halides is 6. The second kappa shape index (κ2) is 28.0. The van der Waals surface area contributed by atoms with E-state index >= 15 is 0 Å². The first-order valence-electron chi connectivity index (χ1n) is 27.4. The molecule has 0 spiro atoms. The van der Waals surface area contributed by atoms with Crippen LogP contribution in [0.1, 0.15) is 87.5 Å². The molecular formula is C58H62Cl2F6N6O12S2. The second-order valence-electron chi connectivity index (χ2n) is 21.2. The molecule has 4 aromatic carbocycles. The number of rotatable bonds is 16. The summed E-state index contributed by atoms with van der Waals surface area (Å²) in [5.41, 5.74) is -3.84. The van der Waals surface area contributed by atoms with Crippen molar-refractivity contribution in [1.29, 1.82) is 10.5 Å². The van der Waals surface area contributed by atoms with Crippen molar-refractivity contribution in [2.75, 3.05) is 39.4 Å². The predicted octanol–water partition coefficient (Wildman–Crippen LogP) is 10.3. The Kier molecular flexibility index (Phi) is 21.8. The molecule has 2 heterocycles. The van der Waals surface area contributed by atoms with Crippen molar-refractivity contribution in [3.8, 4) is 12.1 Å². The van der Waals surface area contributed by atoms with Gasteiger partial charge in [0.2, 0.25) is 11.8 Å². The Balaban J connectivity index is 0.000000246. The first kappa shape index (κ1) is 66.8. The topological polar surface area (TPSA) is 252 Å². The number of likely N-dealkylation sites (tertiary alicyclic amines) is 2. The summed E-state index contributed by atoms with van der Waals surface area (Å²) in [5.74, 6) is -3.43. The molecule has 4 fully saturated rings. The van der Waals surface area contributed by atoms with E-state index in [2.05, 4.69) is 22.8 Å². The van der Waals surface area contributed by atoms with E-state index in [0.29, 0.717) is 33.3 Å². The summed E-state index contributed by atoms with van der Waals surface area (Å²) in [6.45, 7) is 4.31. The number of nitrogens with one attached hydrogen (secondary N) is 2. The molecule has 6 atom stereocenters. The van der Waals surface area contributed by atoms with Gasteiger partial charge in [0.05, 0.1) is 94.0 Å². The number of carbonyl (C=O) groups is 4. The van der Waals surface area contributed by atoms with Crippen LogP contribution in [0.4, 0.5) is 35.9 Å². The van der Waals surface area contributed by atoms with E-state index in [1.807, 2.05) is 0 Å². The van der Waals surface area contributed by atoms with Gasteiger partial charge in [0.25, 0.3) is 0 Å². The van der Waals surface area contributed by atoms with Gasteiger partial charge in [-0.25, -0.2) is 26.4 Å². The molecule has 0 bridgehead atoms. The number of nitrogens with zero attached hydrogens (tertiary/aromatic N) is 4. The van der Waals surface area contributed by atoms with Crippen LogP contribution >= 0.6 is 23.2 Å². The predicted molar refractivity (Wildman–Crippen MR) is 299 cm³/mol. The number of carbonyl (C=O) groups excluding carboxylic acids is 4. The molecule has 86 heavy (non-hydrogen) atoms. The van der Waals surface area contributed by atoms with Crippen LogP contribution in [0.15, 0.2) is 107 Å². The number of hydrogen-bond acceptors (Lipinski definition) is 14. The number of piperidine rings is 2. The van der Waals surface area contributed by atoms with Crippen molar-refractivity contribution in [1.82, 2.24) is 20.4 Å². The zero-order valence-electron chi connectivity index (χ0n) is 46.5. The number of halogens is 8. The van der Waals surface area contributed by atoms with Crippen LogP contribution in [0.5, 0.6) is 0 Å². The summed E-state index contributed by atoms with van der Waals surface area (Å²) in [5, 5.41) is 23.8. The maximum Gasteiger partial charge on any atom is 0.417 e. The summed E-state index contributed by atoms with van der Waals surface area (Å²) in [6.07, 6.45) is -13.4. The molecule has 464 valence electrons. The zero-order chi connectivity index (χ0) is 62.8. The molecule has 2 saturated carbocycles. The molecule has 0 radical (unpaired) electrons. The van der Waals surface area contributed by atoms with Gasteiger partial charge in [-0.15, -0.1) is 0 Å². The Morgan fingerprint density at radius 2 is 0.884 bits per heavy atom. The third-order valence-corrected chi connectivity index (χ3v) is 20.6. The molecule has 2 aliphatic heterocycles. The molecule has 18 nitrogen and oxygen atoms in total. The normalized spacial score (nSPS) is 22.0. The lowest BCUT2D eigenvalue weighted by molar-refractivity contribution is -0.140. The number of sulfone groups is 2. The van der Waals surface area contributed by atoms with Crippen molar-refractivity contribution in [3.63, 3.8) is 0 Å². The monoisotopic (exact) mass is 1280 g/mol. The van der Waals surface area contributed by atoms with Crippen molar-refractivity contribution in [2.24, 2.45) is 11.8 Å². The van der Waals surface area contributed by atoms with E-state index in [0.717, 1.165) is 24.3 Å². The lowest BCUT2D eigenvalue weighted by Gasteiger charge is -2.38. The fourth-order valence-electron chi connectivity index (χ4n) is 10.9. The fourth-order valence-corrected chi connectivity index (χ4v) is 15.2. The van der Waals surface area contributed by atoms with Gasteiger partial charge >= 0.3 is 24.5 Å². The average Bonchev–Trinajstić information content (AvgIpc) is 1.62. The van der Waals surface area contributed by atoms with Crippen molar-refractivity contribution in [2.45, 2.75) is 134 Å². The highest BCUT2D eigenvalue weighted by Crippen LogP contribution is 2.44. The largest absolute Gasteiger partial charge is 0.450 e. The van der Waals surface area contributed by atoms with Crippen molar-refractivity contribution < 1.29 is 81.3 Å². The summed E-state index contributed by atoms with van der Waals surface area (Å²) in [4.78, 5) is 52.7. The number of amides is 4. The first-order chi connectivity index (χ1) is 40.6. The molecule has 4 amide bonds. The Morgan fingerprint density at radius 3 is 1.19 bits per heavy atom. The van der Waals surface area contributed by atoms with Gasteiger partial charge in [0, 0.05) is 61.9 Å². The smallest absolute Gasteiger partial charge is 0.417 e. The van der Waals surface area contributed by atoms with Crippen LogP contribution in [0.3, 0.4) is 0 Å². The van der Waals surface area contributed by atoms with Gasteiger partial charge in [-0.2, -0.15) is 36.9 Å². The Hall–Kier alpha value is -6.68. The standard InChI is InChI=1S/2C29H31ClF3N3O6S/c2*1-2-41-27(38)36-13-11-28(18-34,12-14-36)35-26(37)22-15-21(16-24(22)42-17-19-7-9-20(30)10-8-19)43(39,40)25-6-4-3-5-23(25)29(31,32)33/h2*3-10,21-22,24H,2,11-17H2,1H3,(H,35,37)/t2*21-,22-,24-/m10/s1. The molecule has 4 aliphatic rings. The molecule has 0 aromatic heterocycles. The number of nitriles is 2. The van der Waals surface area contributed by atoms with Gasteiger partial charge in [0.15, 0.2) is 19.7 Å². The number of hydrogen-bond donors (Lipinski definition) is 2. The van der Waals surface area contributed by atoms with E-state index < -0.39 is 123 Å². The quantitative estimate of drug-likeness (QED) is 0.0991. The van der Waals surface area contributed by atoms with Gasteiger partial charge < -0.3 is 39.4 Å². The molecule has 2 aliphatic carbocycles. The van der Waals surface area contributed by atoms with E-state index in [1.54, 1.807) is 62.4 Å². The molecule has 4 aromatic rings. The maximum absolute atomic E-state index is 13.7. The molecule has 28 heteroatoms. The van der Waals surface area contributed by atoms with Gasteiger partial charge in [-0.1, -0.05) is 71.7 Å². The lowest BCUT2D eigenvalue weighted by atomic mass is 9.88. The van der Waals surface area contributed by atoms with E-state index in [9.17, 15) is 72.9 Å². The summed E-state index contributed by atoms with van der Waals surface area (Å²) < 4.78 is 159. The van der Waals surface area contributed by atoms with Crippen LogP contribution < -0.4 is 10.6 Å². The van der Waals surface area contributed by atoms with E-state index in [4.69, 9.17) is 42.1 Å². The van der Waals surface area contributed by atoms with Crippen LogP contribution in [-0.4, -0.2) is 124 Å². The van der Waals surface area contributed by atoms with Crippen molar-refractivity contribution in [3.05, 3.63) is 129 Å². The SMILES string of the molecule is CCOC(=O)N1CCC(C#N)(NC(=O)[C@@H]2C[C@@H](S(=O)(=O)c3ccccc3C(F)(F)F)C[C@H]2OCc2ccc(Cl)cc2)CC1.CCOC(=O)N1CCC(C#N)(NC(=O)[C@H]2C[C@H](S(=O)(=O)c3ccccc3C(F)(F)F)C[C@@H]2OCc2ccc(Cl)cc2)CC1. The van der Waals surface area contributed by atoms with Crippen molar-refractivity contribution >= 4 is 66.9 Å². The number of benzene rings is 4. The Morgan fingerprint density at radius 1 is 0.558 bits per heavy atom. The second-order valence-corrected chi connectivity index (χ2v) is 26.4. The van der Waals surface area contributed by atoms with E-state index in [1.165, 1.54) is 21.9 Å². The maximum atomic E-state index is 13.7. The molecule has 0 unspecified atom stereocenters. The third-order valence-electron chi connectivity index (χ3n) is 15.7. The lowest BCUT2D eigenvalue weighted by Crippen LogP contribution is -2.57. The van der Waals surface area contributed by atoms with Crippen LogP contribution in [0.2, 0.25) is 10.0 Å². The highest BCUT2D eigenvalue weighted by atomic mass is 35.5. The molecule has 2 N–H and O–H groups in total. The molecule has 8 rings (SSSR count). The highest BCUT2D eigenvalue weighted by molar-refractivity contribution is 7.92. The van der Waals surface area contributed by atoms with Crippen LogP contribution in [0, 0.1) is 34.5 Å². The Labute approximate surface area is 503 Å². The summed E-state index contributed by atoms with van der Waals surface area (Å²) in [7, 11) is -9.07. The minimum absolute atomic E-state index is 0.00455. The summed E-state index contributed by atoms with van der Waals surface area (Å²) >= 11 is 11.9. The van der Waals surface area contributed by atoms with Gasteiger partial charge in [-0.05, 0) is 99.2 Å². The molecule has 2 saturated heterocycles. The minimum Gasteiger partial charge on any atom is -0.450 e. The average molecular weight is 1280 g/mol. The fraction of sp³-hybridized carbons (Fsp3) is 0.483. The minimum atomic E-state index is -4.90. The van der Waals surface area contributed by atoms with Crippen LogP contribution in [-0.2, 0) is 73.8 Å². The third kappa shape index (κ3) is 16.1. The van der Waals surface area contributed by atoms with Gasteiger partial charge in [0.1, 0.15) is 11.1 Å². The Bertz CT molecular complexity index is 3170.